The molecule has 1 heterocycles. The van der Waals surface area contributed by atoms with E-state index in [2.05, 4.69) is 75.7 Å². The molecule has 0 amide bonds. The molecular weight excluding hydrogens is 290 g/mol. The maximum absolute atomic E-state index is 4.09. The molecule has 24 heavy (non-hydrogen) atoms. The first-order valence-electron chi connectivity index (χ1n) is 9.18. The van der Waals surface area contributed by atoms with Crippen LogP contribution in [0, 0.1) is 17.3 Å². The minimum absolute atomic E-state index is 0.500. The van der Waals surface area contributed by atoms with E-state index in [0.29, 0.717) is 5.41 Å². The van der Waals surface area contributed by atoms with Gasteiger partial charge in [0.1, 0.15) is 0 Å². The van der Waals surface area contributed by atoms with Crippen molar-refractivity contribution in [2.45, 2.75) is 74.1 Å². The second-order valence-corrected chi connectivity index (χ2v) is 7.16. The van der Waals surface area contributed by atoms with Gasteiger partial charge in [0.2, 0.25) is 0 Å². The molecule has 2 aromatic rings. The number of nitrogens with zero attached hydrogens (tertiary/aromatic N) is 1. The van der Waals surface area contributed by atoms with E-state index in [4.69, 9.17) is 0 Å². The Kier molecular flexibility index (Phi) is 11.6. The molecule has 0 radical (unpaired) electrons. The zero-order valence-electron chi connectivity index (χ0n) is 16.7. The van der Waals surface area contributed by atoms with E-state index in [1.807, 2.05) is 26.2 Å². The molecular formula is C23H35N. The van der Waals surface area contributed by atoms with E-state index in [9.17, 15) is 0 Å². The van der Waals surface area contributed by atoms with Crippen molar-refractivity contribution in [2.24, 2.45) is 5.41 Å². The summed E-state index contributed by atoms with van der Waals surface area (Å²) in [6, 6.07) is 8.65. The molecule has 0 fully saturated rings. The molecule has 0 atom stereocenters. The molecule has 1 aromatic carbocycles. The van der Waals surface area contributed by atoms with Gasteiger partial charge in [0.25, 0.3) is 0 Å². The Morgan fingerprint density at radius 2 is 1.50 bits per heavy atom. The van der Waals surface area contributed by atoms with Crippen LogP contribution in [0.1, 0.15) is 73.3 Å². The van der Waals surface area contributed by atoms with Crippen LogP contribution in [0.5, 0.6) is 0 Å². The van der Waals surface area contributed by atoms with E-state index >= 15 is 0 Å². The van der Waals surface area contributed by atoms with Crippen LogP contribution in [0.25, 0.3) is 10.8 Å². The summed E-state index contributed by atoms with van der Waals surface area (Å²) in [5, 5.41) is 2.52. The van der Waals surface area contributed by atoms with Gasteiger partial charge in [0.15, 0.2) is 0 Å². The first-order valence-corrected chi connectivity index (χ1v) is 9.18. The fraction of sp³-hybridized carbons (Fsp3) is 0.522. The highest BCUT2D eigenvalue weighted by Crippen LogP contribution is 2.15. The second-order valence-electron chi connectivity index (χ2n) is 7.16. The smallest absolute Gasteiger partial charge is 0.0346 e. The van der Waals surface area contributed by atoms with Crippen LogP contribution in [0.4, 0.5) is 0 Å². The number of hydrogen-bond acceptors (Lipinski definition) is 1. The van der Waals surface area contributed by atoms with Gasteiger partial charge < -0.3 is 0 Å². The van der Waals surface area contributed by atoms with Gasteiger partial charge in [-0.1, -0.05) is 73.1 Å². The van der Waals surface area contributed by atoms with Crippen LogP contribution >= 0.6 is 0 Å². The molecule has 0 aliphatic heterocycles. The summed E-state index contributed by atoms with van der Waals surface area (Å²) in [4.78, 5) is 4.09. The average molecular weight is 326 g/mol. The standard InChI is InChI=1S/C12H13N.C5H12.C4H4.C2H6/c1-2-3-10-4-5-12-9-13-7-6-11(12)8-10;1-5(2,3)4;1-2-4-3-1;1-2/h4-9H,2-3H2,1H3;1-4H3;1-2H2;1-2H3. The van der Waals surface area contributed by atoms with Crippen molar-refractivity contribution < 1.29 is 0 Å². The van der Waals surface area contributed by atoms with Gasteiger partial charge in [-0.3, -0.25) is 4.98 Å². The number of aromatic nitrogens is 1. The summed E-state index contributed by atoms with van der Waals surface area (Å²) in [5.41, 5.74) is 1.92. The topological polar surface area (TPSA) is 12.9 Å². The van der Waals surface area contributed by atoms with Crippen molar-refractivity contribution in [3.63, 3.8) is 0 Å². The van der Waals surface area contributed by atoms with Gasteiger partial charge in [0.05, 0.1) is 0 Å². The van der Waals surface area contributed by atoms with Gasteiger partial charge in [-0.25, -0.2) is 0 Å². The molecule has 1 aliphatic carbocycles. The molecule has 1 aliphatic rings. The summed E-state index contributed by atoms with van der Waals surface area (Å²) in [7, 11) is 0. The largest absolute Gasteiger partial charge is 0.264 e. The van der Waals surface area contributed by atoms with Crippen LogP contribution < -0.4 is 0 Å². The minimum Gasteiger partial charge on any atom is -0.264 e. The summed E-state index contributed by atoms with van der Waals surface area (Å²) in [6.45, 7) is 15.0. The maximum Gasteiger partial charge on any atom is 0.0346 e. The Bertz CT molecular complexity index is 610. The Labute approximate surface area is 149 Å². The second kappa shape index (κ2) is 12.6. The van der Waals surface area contributed by atoms with Crippen molar-refractivity contribution in [3.8, 4) is 11.8 Å². The lowest BCUT2D eigenvalue weighted by Gasteiger charge is -2.05. The normalized spacial score (nSPS) is 11.1. The Morgan fingerprint density at radius 3 is 1.96 bits per heavy atom. The number of hydrogen-bond donors (Lipinski definition) is 0. The molecule has 3 rings (SSSR count). The third kappa shape index (κ3) is 11.7. The highest BCUT2D eigenvalue weighted by Gasteiger charge is 1.95. The molecule has 132 valence electrons. The predicted molar refractivity (Wildman–Crippen MR) is 109 cm³/mol. The molecule has 0 N–H and O–H groups in total. The number of benzene rings is 1. The summed E-state index contributed by atoms with van der Waals surface area (Å²) in [5.74, 6) is 5.72. The van der Waals surface area contributed by atoms with Crippen LogP contribution in [-0.4, -0.2) is 4.98 Å². The fourth-order valence-electron chi connectivity index (χ4n) is 1.70. The quantitative estimate of drug-likeness (QED) is 0.539. The molecule has 0 spiro atoms. The minimum atomic E-state index is 0.500. The lowest BCUT2D eigenvalue weighted by atomic mass is 10.0. The van der Waals surface area contributed by atoms with Crippen LogP contribution in [0.2, 0.25) is 0 Å². The van der Waals surface area contributed by atoms with Crippen LogP contribution in [-0.2, 0) is 6.42 Å². The zero-order valence-corrected chi connectivity index (χ0v) is 16.7. The lowest BCUT2D eigenvalue weighted by molar-refractivity contribution is 0.469. The van der Waals surface area contributed by atoms with Crippen LogP contribution in [0.15, 0.2) is 36.7 Å². The molecule has 1 heteroatoms. The molecule has 0 bridgehead atoms. The van der Waals surface area contributed by atoms with Gasteiger partial charge in [0, 0.05) is 30.6 Å². The summed E-state index contributed by atoms with van der Waals surface area (Å²) < 4.78 is 0. The molecule has 0 saturated carbocycles. The molecule has 0 saturated heterocycles. The third-order valence-electron chi connectivity index (χ3n) is 2.74. The first kappa shape index (κ1) is 22.2. The number of rotatable bonds is 2. The Balaban J connectivity index is 0.000000398. The van der Waals surface area contributed by atoms with Crippen molar-refractivity contribution in [3.05, 3.63) is 42.2 Å². The van der Waals surface area contributed by atoms with Crippen molar-refractivity contribution in [2.75, 3.05) is 0 Å². The van der Waals surface area contributed by atoms with Crippen molar-refractivity contribution in [1.82, 2.24) is 4.98 Å². The van der Waals surface area contributed by atoms with E-state index < -0.39 is 0 Å². The average Bonchev–Trinajstić information content (AvgIpc) is 2.46. The summed E-state index contributed by atoms with van der Waals surface area (Å²) >= 11 is 0. The van der Waals surface area contributed by atoms with Crippen molar-refractivity contribution in [1.29, 1.82) is 0 Å². The monoisotopic (exact) mass is 325 g/mol. The molecule has 0 unspecified atom stereocenters. The molecule has 1 nitrogen and oxygen atoms in total. The fourth-order valence-corrected chi connectivity index (χ4v) is 1.70. The Hall–Kier alpha value is -1.81. The zero-order chi connectivity index (χ0) is 18.4. The van der Waals surface area contributed by atoms with E-state index in [1.165, 1.54) is 22.8 Å². The van der Waals surface area contributed by atoms with Crippen molar-refractivity contribution >= 4 is 10.8 Å². The third-order valence-corrected chi connectivity index (χ3v) is 2.74. The van der Waals surface area contributed by atoms with Crippen LogP contribution in [0.3, 0.4) is 0 Å². The van der Waals surface area contributed by atoms with Gasteiger partial charge >= 0.3 is 0 Å². The number of fused-ring (bicyclic) bond motifs is 1. The first-order chi connectivity index (χ1) is 11.4. The maximum atomic E-state index is 4.09. The predicted octanol–water partition coefficient (Wildman–Crippen LogP) is 7.05. The highest BCUT2D eigenvalue weighted by atomic mass is 14.6. The number of aryl methyl sites for hydroxylation is 1. The van der Waals surface area contributed by atoms with E-state index in [-0.39, 0.29) is 0 Å². The SMILES string of the molecule is C1#CCC1.CC.CC(C)(C)C.CCCc1ccc2cnccc2c1. The van der Waals surface area contributed by atoms with Gasteiger partial charge in [-0.05, 0) is 28.9 Å². The van der Waals surface area contributed by atoms with Gasteiger partial charge in [-0.15, -0.1) is 11.8 Å². The number of pyridine rings is 1. The van der Waals surface area contributed by atoms with E-state index in [1.54, 1.807) is 0 Å². The molecule has 1 aromatic heterocycles. The van der Waals surface area contributed by atoms with Gasteiger partial charge in [-0.2, -0.15) is 0 Å². The lowest BCUT2D eigenvalue weighted by Crippen LogP contribution is -1.93. The Morgan fingerprint density at radius 1 is 0.958 bits per heavy atom. The van der Waals surface area contributed by atoms with E-state index in [0.717, 1.165) is 19.3 Å². The summed E-state index contributed by atoms with van der Waals surface area (Å²) in [6.07, 6.45) is 8.40. The highest BCUT2D eigenvalue weighted by molar-refractivity contribution is 5.81.